The highest BCUT2D eigenvalue weighted by molar-refractivity contribution is 9.10. The Morgan fingerprint density at radius 2 is 2.06 bits per heavy atom. The first-order valence-electron chi connectivity index (χ1n) is 6.76. The molecule has 0 aliphatic rings. The molecule has 0 aromatic heterocycles. The van der Waals surface area contributed by atoms with Crippen LogP contribution < -0.4 is 5.32 Å². The van der Waals surface area contributed by atoms with E-state index in [1.165, 1.54) is 6.07 Å². The predicted octanol–water partition coefficient (Wildman–Crippen LogP) is 4.55. The van der Waals surface area contributed by atoms with E-state index in [0.717, 1.165) is 31.4 Å². The fourth-order valence-corrected chi connectivity index (χ4v) is 2.70. The van der Waals surface area contributed by atoms with Crippen molar-refractivity contribution in [2.75, 3.05) is 6.54 Å². The molecule has 1 nitrogen and oxygen atoms in total. The van der Waals surface area contributed by atoms with Crippen molar-refractivity contribution in [2.24, 2.45) is 5.92 Å². The van der Waals surface area contributed by atoms with Crippen LogP contribution >= 0.6 is 15.9 Å². The molecule has 0 saturated heterocycles. The SMILES string of the molecule is CCCNC(CC)C(C)Cc1cccc(F)c1Br. The highest BCUT2D eigenvalue weighted by atomic mass is 79.9. The molecule has 1 rings (SSSR count). The van der Waals surface area contributed by atoms with Crippen molar-refractivity contribution >= 4 is 15.9 Å². The zero-order chi connectivity index (χ0) is 13.5. The second-order valence-corrected chi connectivity index (χ2v) is 5.66. The van der Waals surface area contributed by atoms with Gasteiger partial charge in [-0.15, -0.1) is 0 Å². The summed E-state index contributed by atoms with van der Waals surface area (Å²) in [6.45, 7) is 7.65. The van der Waals surface area contributed by atoms with Gasteiger partial charge in [0.15, 0.2) is 0 Å². The van der Waals surface area contributed by atoms with E-state index < -0.39 is 0 Å². The summed E-state index contributed by atoms with van der Waals surface area (Å²) in [5, 5.41) is 3.56. The third-order valence-corrected chi connectivity index (χ3v) is 4.24. The zero-order valence-corrected chi connectivity index (χ0v) is 13.1. The highest BCUT2D eigenvalue weighted by Gasteiger charge is 2.17. The molecule has 18 heavy (non-hydrogen) atoms. The summed E-state index contributed by atoms with van der Waals surface area (Å²) in [4.78, 5) is 0. The number of hydrogen-bond acceptors (Lipinski definition) is 1. The van der Waals surface area contributed by atoms with Crippen LogP contribution in [0, 0.1) is 11.7 Å². The average Bonchev–Trinajstić information content (AvgIpc) is 2.36. The fourth-order valence-electron chi connectivity index (χ4n) is 2.27. The molecule has 0 saturated carbocycles. The Hall–Kier alpha value is -0.410. The zero-order valence-electron chi connectivity index (χ0n) is 11.5. The number of rotatable bonds is 7. The third-order valence-electron chi connectivity index (χ3n) is 3.36. The highest BCUT2D eigenvalue weighted by Crippen LogP contribution is 2.24. The Morgan fingerprint density at radius 3 is 2.67 bits per heavy atom. The number of nitrogens with one attached hydrogen (secondary N) is 1. The summed E-state index contributed by atoms with van der Waals surface area (Å²) >= 11 is 3.34. The van der Waals surface area contributed by atoms with Crippen molar-refractivity contribution < 1.29 is 4.39 Å². The van der Waals surface area contributed by atoms with Crippen molar-refractivity contribution in [2.45, 2.75) is 46.1 Å². The fraction of sp³-hybridized carbons (Fsp3) is 0.600. The molecule has 1 aromatic carbocycles. The van der Waals surface area contributed by atoms with E-state index in [9.17, 15) is 4.39 Å². The molecule has 1 aromatic rings. The second-order valence-electron chi connectivity index (χ2n) is 4.86. The smallest absolute Gasteiger partial charge is 0.137 e. The van der Waals surface area contributed by atoms with E-state index in [0.29, 0.717) is 16.4 Å². The predicted molar refractivity (Wildman–Crippen MR) is 79.3 cm³/mol. The molecule has 1 N–H and O–H groups in total. The van der Waals surface area contributed by atoms with E-state index in [2.05, 4.69) is 42.0 Å². The lowest BCUT2D eigenvalue weighted by Gasteiger charge is -2.24. The van der Waals surface area contributed by atoms with E-state index >= 15 is 0 Å². The molecule has 0 radical (unpaired) electrons. The van der Waals surface area contributed by atoms with Crippen LogP contribution in [0.2, 0.25) is 0 Å². The average molecular weight is 316 g/mol. The molecular formula is C15H23BrFN. The lowest BCUT2D eigenvalue weighted by atomic mass is 9.92. The van der Waals surface area contributed by atoms with Crippen LogP contribution in [-0.4, -0.2) is 12.6 Å². The third kappa shape index (κ3) is 4.36. The Balaban J connectivity index is 2.67. The van der Waals surface area contributed by atoms with Gasteiger partial charge in [0.2, 0.25) is 0 Å². The molecule has 2 atom stereocenters. The summed E-state index contributed by atoms with van der Waals surface area (Å²) in [7, 11) is 0. The van der Waals surface area contributed by atoms with Crippen molar-refractivity contribution in [3.05, 3.63) is 34.1 Å². The van der Waals surface area contributed by atoms with Gasteiger partial charge in [-0.1, -0.05) is 32.9 Å². The molecule has 0 aliphatic heterocycles. The molecule has 0 fully saturated rings. The van der Waals surface area contributed by atoms with Gasteiger partial charge in [-0.3, -0.25) is 0 Å². The minimum atomic E-state index is -0.172. The first kappa shape index (κ1) is 15.6. The van der Waals surface area contributed by atoms with Crippen LogP contribution in [0.4, 0.5) is 4.39 Å². The quantitative estimate of drug-likeness (QED) is 0.778. The van der Waals surface area contributed by atoms with E-state index in [1.54, 1.807) is 6.07 Å². The summed E-state index contributed by atoms with van der Waals surface area (Å²) in [6.07, 6.45) is 3.15. The van der Waals surface area contributed by atoms with Crippen LogP contribution in [0.5, 0.6) is 0 Å². The van der Waals surface area contributed by atoms with Crippen molar-refractivity contribution in [1.29, 1.82) is 0 Å². The van der Waals surface area contributed by atoms with Gasteiger partial charge < -0.3 is 5.32 Å². The first-order valence-corrected chi connectivity index (χ1v) is 7.55. The first-order chi connectivity index (χ1) is 8.60. The van der Waals surface area contributed by atoms with Crippen LogP contribution in [0.15, 0.2) is 22.7 Å². The Bertz CT molecular complexity index is 368. The van der Waals surface area contributed by atoms with E-state index in [-0.39, 0.29) is 5.82 Å². The van der Waals surface area contributed by atoms with Gasteiger partial charge in [-0.25, -0.2) is 4.39 Å². The van der Waals surface area contributed by atoms with Gasteiger partial charge in [0.25, 0.3) is 0 Å². The Labute approximate surface area is 118 Å². The maximum atomic E-state index is 13.5. The lowest BCUT2D eigenvalue weighted by molar-refractivity contribution is 0.364. The van der Waals surface area contributed by atoms with Crippen LogP contribution in [0.25, 0.3) is 0 Å². The van der Waals surface area contributed by atoms with Gasteiger partial charge in [0.05, 0.1) is 4.47 Å². The summed E-state index contributed by atoms with van der Waals surface area (Å²) in [6, 6.07) is 5.77. The second kappa shape index (κ2) is 7.90. The van der Waals surface area contributed by atoms with Gasteiger partial charge in [-0.2, -0.15) is 0 Å². The molecule has 0 bridgehead atoms. The normalized spacial score (nSPS) is 14.5. The number of halogens is 2. The maximum Gasteiger partial charge on any atom is 0.137 e. The summed E-state index contributed by atoms with van der Waals surface area (Å²) in [5.74, 6) is 0.328. The Morgan fingerprint density at radius 1 is 1.33 bits per heavy atom. The molecule has 0 aliphatic carbocycles. The summed E-state index contributed by atoms with van der Waals surface area (Å²) < 4.78 is 14.1. The van der Waals surface area contributed by atoms with Crippen molar-refractivity contribution in [3.8, 4) is 0 Å². The minimum absolute atomic E-state index is 0.172. The molecule has 102 valence electrons. The molecule has 3 heteroatoms. The van der Waals surface area contributed by atoms with Crippen LogP contribution in [-0.2, 0) is 6.42 Å². The number of benzene rings is 1. The maximum absolute atomic E-state index is 13.5. The van der Waals surface area contributed by atoms with E-state index in [1.807, 2.05) is 6.07 Å². The largest absolute Gasteiger partial charge is 0.314 e. The molecule has 0 spiro atoms. The molecule has 0 amide bonds. The van der Waals surface area contributed by atoms with Crippen molar-refractivity contribution in [3.63, 3.8) is 0 Å². The Kier molecular flexibility index (Phi) is 6.87. The number of hydrogen-bond donors (Lipinski definition) is 1. The summed E-state index contributed by atoms with van der Waals surface area (Å²) in [5.41, 5.74) is 1.05. The van der Waals surface area contributed by atoms with Gasteiger partial charge >= 0.3 is 0 Å². The molecule has 2 unspecified atom stereocenters. The molecule has 0 heterocycles. The monoisotopic (exact) mass is 315 g/mol. The van der Waals surface area contributed by atoms with Gasteiger partial charge in [-0.05, 0) is 59.3 Å². The standard InChI is InChI=1S/C15H23BrFN/c1-4-9-18-14(5-2)11(3)10-12-7-6-8-13(17)15(12)16/h6-8,11,14,18H,4-5,9-10H2,1-3H3. The van der Waals surface area contributed by atoms with E-state index in [4.69, 9.17) is 0 Å². The van der Waals surface area contributed by atoms with Crippen molar-refractivity contribution in [1.82, 2.24) is 5.32 Å². The van der Waals surface area contributed by atoms with Gasteiger partial charge in [0.1, 0.15) is 5.82 Å². The lowest BCUT2D eigenvalue weighted by Crippen LogP contribution is -2.35. The minimum Gasteiger partial charge on any atom is -0.314 e. The van der Waals surface area contributed by atoms with Crippen LogP contribution in [0.3, 0.4) is 0 Å². The van der Waals surface area contributed by atoms with Crippen LogP contribution in [0.1, 0.15) is 39.2 Å². The molecular weight excluding hydrogens is 293 g/mol. The van der Waals surface area contributed by atoms with Gasteiger partial charge in [0, 0.05) is 6.04 Å². The topological polar surface area (TPSA) is 12.0 Å².